The summed E-state index contributed by atoms with van der Waals surface area (Å²) >= 11 is 3.63. The molecule has 2 aromatic carbocycles. The molecule has 3 rings (SSSR count). The molecule has 1 N–H and O–H groups in total. The first-order valence-electron chi connectivity index (χ1n) is 5.17. The molecule has 2 heteroatoms. The van der Waals surface area contributed by atoms with Gasteiger partial charge in [0.1, 0.15) is 0 Å². The highest BCUT2D eigenvalue weighted by Crippen LogP contribution is 2.37. The average molecular weight is 272 g/mol. The Bertz CT molecular complexity index is 572. The van der Waals surface area contributed by atoms with Gasteiger partial charge in [0.2, 0.25) is 0 Å². The maximum absolute atomic E-state index is 3.63. The summed E-state index contributed by atoms with van der Waals surface area (Å²) in [5.74, 6) is 0. The Balaban J connectivity index is 2.25. The molecular formula is C14H10BrN. The summed E-state index contributed by atoms with van der Waals surface area (Å²) in [4.78, 5) is 0. The van der Waals surface area contributed by atoms with Crippen LogP contribution in [0.5, 0.6) is 0 Å². The van der Waals surface area contributed by atoms with Crippen molar-refractivity contribution >= 4 is 37.9 Å². The quantitative estimate of drug-likeness (QED) is 0.736. The number of hydrogen-bond donors (Lipinski definition) is 1. The van der Waals surface area contributed by atoms with Crippen LogP contribution in [0, 0.1) is 0 Å². The monoisotopic (exact) mass is 271 g/mol. The van der Waals surface area contributed by atoms with Crippen molar-refractivity contribution in [3.05, 3.63) is 59.7 Å². The van der Waals surface area contributed by atoms with Crippen LogP contribution in [0.3, 0.4) is 0 Å². The van der Waals surface area contributed by atoms with Crippen molar-refractivity contribution in [2.24, 2.45) is 0 Å². The second-order valence-corrected chi connectivity index (χ2v) is 4.60. The minimum absolute atomic E-state index is 1.11. The number of nitrogens with one attached hydrogen (secondary N) is 1. The SMILES string of the molecule is BrC1=Cc2ccccc2Nc2ccccc21. The summed E-state index contributed by atoms with van der Waals surface area (Å²) in [5, 5.41) is 3.45. The van der Waals surface area contributed by atoms with E-state index >= 15 is 0 Å². The second-order valence-electron chi connectivity index (χ2n) is 3.75. The number of anilines is 2. The van der Waals surface area contributed by atoms with E-state index in [1.165, 1.54) is 11.1 Å². The normalized spacial score (nSPS) is 12.9. The zero-order chi connectivity index (χ0) is 11.0. The van der Waals surface area contributed by atoms with E-state index in [0.717, 1.165) is 15.9 Å². The van der Waals surface area contributed by atoms with Gasteiger partial charge in [0.15, 0.2) is 0 Å². The number of rotatable bonds is 0. The molecule has 1 aliphatic rings. The zero-order valence-electron chi connectivity index (χ0n) is 8.57. The number of para-hydroxylation sites is 2. The average Bonchev–Trinajstić information content (AvgIpc) is 2.45. The Hall–Kier alpha value is -1.54. The third kappa shape index (κ3) is 1.55. The molecule has 2 aromatic rings. The van der Waals surface area contributed by atoms with Crippen molar-refractivity contribution in [1.82, 2.24) is 0 Å². The van der Waals surface area contributed by atoms with Crippen molar-refractivity contribution in [2.45, 2.75) is 0 Å². The van der Waals surface area contributed by atoms with Crippen molar-refractivity contribution in [2.75, 3.05) is 5.32 Å². The van der Waals surface area contributed by atoms with Crippen molar-refractivity contribution in [3.8, 4) is 0 Å². The van der Waals surface area contributed by atoms with Gasteiger partial charge in [-0.2, -0.15) is 0 Å². The van der Waals surface area contributed by atoms with Crippen LogP contribution in [0.2, 0.25) is 0 Å². The van der Waals surface area contributed by atoms with Gasteiger partial charge in [-0.05, 0) is 23.8 Å². The zero-order valence-corrected chi connectivity index (χ0v) is 10.2. The fraction of sp³-hybridized carbons (Fsp3) is 0. The van der Waals surface area contributed by atoms with Crippen molar-refractivity contribution in [3.63, 3.8) is 0 Å². The van der Waals surface area contributed by atoms with Gasteiger partial charge in [0.05, 0.1) is 0 Å². The van der Waals surface area contributed by atoms with Crippen LogP contribution in [-0.4, -0.2) is 0 Å². The first kappa shape index (κ1) is 9.67. The number of halogens is 1. The Labute approximate surface area is 103 Å². The fourth-order valence-electron chi connectivity index (χ4n) is 1.90. The molecule has 16 heavy (non-hydrogen) atoms. The van der Waals surface area contributed by atoms with Crippen LogP contribution in [-0.2, 0) is 0 Å². The summed E-state index contributed by atoms with van der Waals surface area (Å²) < 4.78 is 1.11. The lowest BCUT2D eigenvalue weighted by Crippen LogP contribution is -1.92. The highest BCUT2D eigenvalue weighted by molar-refractivity contribution is 9.15. The smallest absolute Gasteiger partial charge is 0.0469 e. The number of fused-ring (bicyclic) bond motifs is 2. The predicted molar refractivity (Wildman–Crippen MR) is 73.0 cm³/mol. The first-order chi connectivity index (χ1) is 7.84. The maximum atomic E-state index is 3.63. The molecule has 78 valence electrons. The van der Waals surface area contributed by atoms with E-state index in [2.05, 4.69) is 51.6 Å². The van der Waals surface area contributed by atoms with Crippen LogP contribution in [0.15, 0.2) is 48.5 Å². The Morgan fingerprint density at radius 3 is 2.38 bits per heavy atom. The molecule has 0 bridgehead atoms. The highest BCUT2D eigenvalue weighted by atomic mass is 79.9. The van der Waals surface area contributed by atoms with E-state index < -0.39 is 0 Å². The molecule has 0 spiro atoms. The number of benzene rings is 2. The van der Waals surface area contributed by atoms with Gasteiger partial charge in [-0.15, -0.1) is 0 Å². The van der Waals surface area contributed by atoms with Gasteiger partial charge in [-0.1, -0.05) is 52.3 Å². The summed E-state index contributed by atoms with van der Waals surface area (Å²) in [5.41, 5.74) is 4.67. The third-order valence-electron chi connectivity index (χ3n) is 2.70. The lowest BCUT2D eigenvalue weighted by atomic mass is 10.1. The summed E-state index contributed by atoms with van der Waals surface area (Å²) in [7, 11) is 0. The summed E-state index contributed by atoms with van der Waals surface area (Å²) in [6.45, 7) is 0. The minimum atomic E-state index is 1.11. The summed E-state index contributed by atoms with van der Waals surface area (Å²) in [6, 6.07) is 16.6. The van der Waals surface area contributed by atoms with Gasteiger partial charge in [0.25, 0.3) is 0 Å². The van der Waals surface area contributed by atoms with E-state index in [4.69, 9.17) is 0 Å². The lowest BCUT2D eigenvalue weighted by molar-refractivity contribution is 1.53. The van der Waals surface area contributed by atoms with Gasteiger partial charge in [-0.25, -0.2) is 0 Å². The molecule has 1 nitrogen and oxygen atoms in total. The van der Waals surface area contributed by atoms with E-state index in [1.807, 2.05) is 24.3 Å². The maximum Gasteiger partial charge on any atom is 0.0469 e. The fourth-order valence-corrected chi connectivity index (χ4v) is 2.49. The largest absolute Gasteiger partial charge is 0.355 e. The van der Waals surface area contributed by atoms with Crippen LogP contribution in [0.25, 0.3) is 10.6 Å². The first-order valence-corrected chi connectivity index (χ1v) is 5.96. The Morgan fingerprint density at radius 2 is 1.50 bits per heavy atom. The van der Waals surface area contributed by atoms with Crippen molar-refractivity contribution < 1.29 is 0 Å². The van der Waals surface area contributed by atoms with E-state index in [9.17, 15) is 0 Å². The number of hydrogen-bond acceptors (Lipinski definition) is 1. The topological polar surface area (TPSA) is 12.0 Å². The molecule has 0 unspecified atom stereocenters. The summed E-state index contributed by atoms with van der Waals surface area (Å²) in [6.07, 6.45) is 2.15. The highest BCUT2D eigenvalue weighted by Gasteiger charge is 2.11. The standard InChI is InChI=1S/C14H10BrN/c15-12-9-10-5-1-3-7-13(10)16-14-8-4-2-6-11(12)14/h1-9,16H. The third-order valence-corrected chi connectivity index (χ3v) is 3.35. The van der Waals surface area contributed by atoms with Crippen LogP contribution in [0.4, 0.5) is 11.4 Å². The molecule has 0 aliphatic carbocycles. The molecule has 0 aromatic heterocycles. The molecule has 1 aliphatic heterocycles. The Kier molecular flexibility index (Phi) is 2.29. The Morgan fingerprint density at radius 1 is 0.812 bits per heavy atom. The van der Waals surface area contributed by atoms with Crippen molar-refractivity contribution in [1.29, 1.82) is 0 Å². The molecule has 0 radical (unpaired) electrons. The van der Waals surface area contributed by atoms with E-state index in [-0.39, 0.29) is 0 Å². The van der Waals surface area contributed by atoms with Crippen LogP contribution >= 0.6 is 15.9 Å². The molecular weight excluding hydrogens is 262 g/mol. The molecule has 0 saturated carbocycles. The molecule has 0 atom stereocenters. The molecule has 0 saturated heterocycles. The van der Waals surface area contributed by atoms with Crippen LogP contribution in [0.1, 0.15) is 11.1 Å². The van der Waals surface area contributed by atoms with Gasteiger partial charge < -0.3 is 5.32 Å². The van der Waals surface area contributed by atoms with E-state index in [1.54, 1.807) is 0 Å². The lowest BCUT2D eigenvalue weighted by Gasteiger charge is -2.09. The predicted octanol–water partition coefficient (Wildman–Crippen LogP) is 4.64. The van der Waals surface area contributed by atoms with E-state index in [0.29, 0.717) is 0 Å². The molecule has 1 heterocycles. The molecule has 0 amide bonds. The van der Waals surface area contributed by atoms with Gasteiger partial charge >= 0.3 is 0 Å². The second kappa shape index (κ2) is 3.80. The van der Waals surface area contributed by atoms with Gasteiger partial charge in [-0.3, -0.25) is 0 Å². The van der Waals surface area contributed by atoms with Crippen LogP contribution < -0.4 is 5.32 Å². The minimum Gasteiger partial charge on any atom is -0.355 e. The molecule has 0 fully saturated rings. The van der Waals surface area contributed by atoms with Gasteiger partial charge in [0, 0.05) is 21.4 Å².